The standard InChI is InChI=1S/C25H32N6O2/c1-17-11-20-14-26-31(24(20)13-23(17)30-7-9-32-10-8-30)25-12-22(27-18(2)28-25)19-3-5-29(6-4-19)21-15-33-16-21/h11-14,19,21H,3-10,15-16H2,1-2H3. The van der Waals surface area contributed by atoms with E-state index in [1.165, 1.54) is 11.3 Å². The van der Waals surface area contributed by atoms with Gasteiger partial charge in [0.25, 0.3) is 0 Å². The van der Waals surface area contributed by atoms with Crippen molar-refractivity contribution in [1.29, 1.82) is 0 Å². The molecule has 1 aromatic carbocycles. The highest BCUT2D eigenvalue weighted by molar-refractivity contribution is 5.85. The summed E-state index contributed by atoms with van der Waals surface area (Å²) in [5.41, 5.74) is 4.76. The van der Waals surface area contributed by atoms with Gasteiger partial charge in [-0.15, -0.1) is 0 Å². The molecule has 0 N–H and O–H groups in total. The summed E-state index contributed by atoms with van der Waals surface area (Å²) in [6.07, 6.45) is 4.21. The largest absolute Gasteiger partial charge is 0.378 e. The van der Waals surface area contributed by atoms with Crippen LogP contribution in [0, 0.1) is 13.8 Å². The maximum atomic E-state index is 5.55. The van der Waals surface area contributed by atoms with Gasteiger partial charge >= 0.3 is 0 Å². The van der Waals surface area contributed by atoms with Gasteiger partial charge in [-0.2, -0.15) is 5.10 Å². The second kappa shape index (κ2) is 8.66. The predicted octanol–water partition coefficient (Wildman–Crippen LogP) is 2.85. The van der Waals surface area contributed by atoms with Crippen LogP contribution in [-0.4, -0.2) is 83.3 Å². The molecular formula is C25H32N6O2. The molecule has 3 fully saturated rings. The fourth-order valence-corrected chi connectivity index (χ4v) is 5.39. The first-order valence-corrected chi connectivity index (χ1v) is 12.1. The van der Waals surface area contributed by atoms with Crippen molar-refractivity contribution in [3.63, 3.8) is 0 Å². The van der Waals surface area contributed by atoms with Gasteiger partial charge in [-0.05, 0) is 57.5 Å². The van der Waals surface area contributed by atoms with Crippen LogP contribution in [0.15, 0.2) is 24.4 Å². The van der Waals surface area contributed by atoms with E-state index in [1.54, 1.807) is 0 Å². The van der Waals surface area contributed by atoms with Gasteiger partial charge in [0.15, 0.2) is 5.82 Å². The molecule has 0 spiro atoms. The summed E-state index contributed by atoms with van der Waals surface area (Å²) in [5, 5.41) is 5.87. The van der Waals surface area contributed by atoms with E-state index in [2.05, 4.69) is 34.9 Å². The summed E-state index contributed by atoms with van der Waals surface area (Å²) in [5.74, 6) is 2.14. The van der Waals surface area contributed by atoms with Crippen LogP contribution < -0.4 is 4.90 Å². The van der Waals surface area contributed by atoms with Gasteiger partial charge in [-0.3, -0.25) is 4.90 Å². The maximum Gasteiger partial charge on any atom is 0.157 e. The molecule has 0 radical (unpaired) electrons. The Balaban J connectivity index is 1.30. The number of hydrogen-bond acceptors (Lipinski definition) is 7. The van der Waals surface area contributed by atoms with E-state index in [0.29, 0.717) is 12.0 Å². The van der Waals surface area contributed by atoms with E-state index in [1.807, 2.05) is 17.8 Å². The van der Waals surface area contributed by atoms with Crippen LogP contribution >= 0.6 is 0 Å². The number of morpholine rings is 1. The van der Waals surface area contributed by atoms with Crippen molar-refractivity contribution in [2.75, 3.05) is 57.5 Å². The van der Waals surface area contributed by atoms with Crippen LogP contribution in [0.5, 0.6) is 0 Å². The normalized spacial score (nSPS) is 21.0. The van der Waals surface area contributed by atoms with Crippen molar-refractivity contribution < 1.29 is 9.47 Å². The van der Waals surface area contributed by atoms with E-state index in [-0.39, 0.29) is 0 Å². The Bertz CT molecular complexity index is 1140. The number of piperidine rings is 1. The van der Waals surface area contributed by atoms with Gasteiger partial charge in [0.2, 0.25) is 0 Å². The van der Waals surface area contributed by atoms with E-state index in [9.17, 15) is 0 Å². The number of fused-ring (bicyclic) bond motifs is 1. The lowest BCUT2D eigenvalue weighted by Gasteiger charge is -2.41. The van der Waals surface area contributed by atoms with Gasteiger partial charge in [0.05, 0.1) is 44.2 Å². The number of benzene rings is 1. The summed E-state index contributed by atoms with van der Waals surface area (Å²) in [6, 6.07) is 7.27. The topological polar surface area (TPSA) is 68.5 Å². The second-order valence-electron chi connectivity index (χ2n) is 9.55. The minimum Gasteiger partial charge on any atom is -0.378 e. The summed E-state index contributed by atoms with van der Waals surface area (Å²) in [7, 11) is 0. The Labute approximate surface area is 194 Å². The number of nitrogens with zero attached hydrogens (tertiary/aromatic N) is 6. The fraction of sp³-hybridized carbons (Fsp3) is 0.560. The first-order chi connectivity index (χ1) is 16.2. The molecule has 0 bridgehead atoms. The molecule has 5 heterocycles. The average Bonchev–Trinajstić information content (AvgIpc) is 3.21. The van der Waals surface area contributed by atoms with Crippen LogP contribution in [-0.2, 0) is 9.47 Å². The molecule has 3 saturated heterocycles. The number of rotatable bonds is 4. The number of ether oxygens (including phenoxy) is 2. The summed E-state index contributed by atoms with van der Waals surface area (Å²) in [6.45, 7) is 11.6. The molecular weight excluding hydrogens is 416 g/mol. The summed E-state index contributed by atoms with van der Waals surface area (Å²) >= 11 is 0. The smallest absolute Gasteiger partial charge is 0.157 e. The monoisotopic (exact) mass is 448 g/mol. The van der Waals surface area contributed by atoms with Gasteiger partial charge in [-0.1, -0.05) is 0 Å². The molecule has 8 nitrogen and oxygen atoms in total. The molecule has 174 valence electrons. The van der Waals surface area contributed by atoms with Gasteiger partial charge in [0.1, 0.15) is 5.82 Å². The van der Waals surface area contributed by atoms with E-state index in [4.69, 9.17) is 24.5 Å². The van der Waals surface area contributed by atoms with Crippen LogP contribution in [0.25, 0.3) is 16.7 Å². The van der Waals surface area contributed by atoms with Crippen LogP contribution in [0.1, 0.15) is 35.8 Å². The average molecular weight is 449 g/mol. The van der Waals surface area contributed by atoms with E-state index >= 15 is 0 Å². The lowest BCUT2D eigenvalue weighted by atomic mass is 9.92. The van der Waals surface area contributed by atoms with Gasteiger partial charge < -0.3 is 14.4 Å². The molecule has 0 atom stereocenters. The third kappa shape index (κ3) is 4.00. The number of anilines is 1. The minimum absolute atomic E-state index is 0.468. The molecule has 3 aliphatic rings. The first-order valence-electron chi connectivity index (χ1n) is 12.1. The summed E-state index contributed by atoms with van der Waals surface area (Å²) in [4.78, 5) is 14.6. The Kier molecular flexibility index (Phi) is 5.52. The van der Waals surface area contributed by atoms with Gasteiger partial charge in [0, 0.05) is 41.8 Å². The maximum absolute atomic E-state index is 5.55. The van der Waals surface area contributed by atoms with Crippen LogP contribution in [0.2, 0.25) is 0 Å². The SMILES string of the molecule is Cc1nc(C2CCN(C3COC3)CC2)cc(-n2ncc3cc(C)c(N4CCOCC4)cc32)n1. The fourth-order valence-electron chi connectivity index (χ4n) is 5.39. The second-order valence-corrected chi connectivity index (χ2v) is 9.55. The van der Waals surface area contributed by atoms with Crippen molar-refractivity contribution in [2.24, 2.45) is 0 Å². The van der Waals surface area contributed by atoms with Crippen molar-refractivity contribution in [3.05, 3.63) is 41.5 Å². The zero-order valence-electron chi connectivity index (χ0n) is 19.5. The molecule has 2 aromatic heterocycles. The lowest BCUT2D eigenvalue weighted by Crippen LogP contribution is -2.51. The van der Waals surface area contributed by atoms with Gasteiger partial charge in [-0.25, -0.2) is 14.6 Å². The Morgan fingerprint density at radius 3 is 2.42 bits per heavy atom. The molecule has 6 rings (SSSR count). The number of aromatic nitrogens is 4. The highest BCUT2D eigenvalue weighted by Crippen LogP contribution is 2.32. The zero-order valence-corrected chi connectivity index (χ0v) is 19.5. The quantitative estimate of drug-likeness (QED) is 0.608. The third-order valence-corrected chi connectivity index (χ3v) is 7.38. The highest BCUT2D eigenvalue weighted by atomic mass is 16.5. The molecule has 0 unspecified atom stereocenters. The van der Waals surface area contributed by atoms with Crippen molar-refractivity contribution >= 4 is 16.6 Å². The predicted molar refractivity (Wildman–Crippen MR) is 127 cm³/mol. The zero-order chi connectivity index (χ0) is 22.4. The molecule has 0 aliphatic carbocycles. The Morgan fingerprint density at radius 1 is 0.909 bits per heavy atom. The summed E-state index contributed by atoms with van der Waals surface area (Å²) < 4.78 is 12.9. The van der Waals surface area contributed by atoms with Crippen molar-refractivity contribution in [2.45, 2.75) is 38.6 Å². The van der Waals surface area contributed by atoms with Crippen LogP contribution in [0.3, 0.4) is 0 Å². The van der Waals surface area contributed by atoms with Crippen molar-refractivity contribution in [1.82, 2.24) is 24.6 Å². The molecule has 3 aliphatic heterocycles. The number of aryl methyl sites for hydroxylation is 2. The first kappa shape index (κ1) is 21.0. The van der Waals surface area contributed by atoms with Crippen molar-refractivity contribution in [3.8, 4) is 5.82 Å². The molecule has 0 saturated carbocycles. The van der Waals surface area contributed by atoms with Crippen LogP contribution in [0.4, 0.5) is 5.69 Å². The number of likely N-dealkylation sites (tertiary alicyclic amines) is 1. The Hall–Kier alpha value is -2.55. The number of hydrogen-bond donors (Lipinski definition) is 0. The van der Waals surface area contributed by atoms with E-state index < -0.39 is 0 Å². The molecule has 8 heteroatoms. The minimum atomic E-state index is 0.468. The third-order valence-electron chi connectivity index (χ3n) is 7.38. The highest BCUT2D eigenvalue weighted by Gasteiger charge is 2.31. The molecule has 3 aromatic rings. The van der Waals surface area contributed by atoms with E-state index in [0.717, 1.165) is 93.7 Å². The lowest BCUT2D eigenvalue weighted by molar-refractivity contribution is -0.0713. The molecule has 33 heavy (non-hydrogen) atoms. The molecule has 0 amide bonds. The Morgan fingerprint density at radius 2 is 1.70 bits per heavy atom.